The van der Waals surface area contributed by atoms with Crippen molar-refractivity contribution in [1.82, 2.24) is 10.3 Å². The SMILES string of the molecule is CN[C@H]1CCCN(c2ccc(Br)cn2)C1. The van der Waals surface area contributed by atoms with Gasteiger partial charge in [0.05, 0.1) is 0 Å². The highest BCUT2D eigenvalue weighted by Crippen LogP contribution is 2.19. The Balaban J connectivity index is 2.06. The molecule has 1 aliphatic heterocycles. The van der Waals surface area contributed by atoms with Gasteiger partial charge in [0.15, 0.2) is 0 Å². The minimum atomic E-state index is 0.601. The maximum atomic E-state index is 4.42. The third-order valence-electron chi connectivity index (χ3n) is 2.87. The van der Waals surface area contributed by atoms with Crippen LogP contribution in [0.1, 0.15) is 12.8 Å². The Morgan fingerprint density at radius 2 is 2.40 bits per heavy atom. The van der Waals surface area contributed by atoms with Crippen molar-refractivity contribution in [3.8, 4) is 0 Å². The number of pyridine rings is 1. The molecule has 1 aromatic rings. The smallest absolute Gasteiger partial charge is 0.128 e. The maximum Gasteiger partial charge on any atom is 0.128 e. The van der Waals surface area contributed by atoms with Crippen LogP contribution in [-0.2, 0) is 0 Å². The molecule has 0 amide bonds. The second-order valence-electron chi connectivity index (χ2n) is 3.91. The molecule has 82 valence electrons. The monoisotopic (exact) mass is 269 g/mol. The van der Waals surface area contributed by atoms with Crippen LogP contribution in [0.25, 0.3) is 0 Å². The molecule has 0 spiro atoms. The van der Waals surface area contributed by atoms with E-state index in [0.29, 0.717) is 6.04 Å². The number of likely N-dealkylation sites (N-methyl/N-ethyl adjacent to an activating group) is 1. The molecule has 1 fully saturated rings. The molecule has 0 radical (unpaired) electrons. The molecule has 1 saturated heterocycles. The second kappa shape index (κ2) is 4.94. The van der Waals surface area contributed by atoms with Crippen molar-refractivity contribution < 1.29 is 0 Å². The lowest BCUT2D eigenvalue weighted by atomic mass is 10.1. The van der Waals surface area contributed by atoms with Gasteiger partial charge in [0, 0.05) is 29.8 Å². The fourth-order valence-corrected chi connectivity index (χ4v) is 2.21. The van der Waals surface area contributed by atoms with E-state index in [1.54, 1.807) is 0 Å². The summed E-state index contributed by atoms with van der Waals surface area (Å²) in [6.45, 7) is 2.18. The van der Waals surface area contributed by atoms with Gasteiger partial charge in [0.2, 0.25) is 0 Å². The number of hydrogen-bond acceptors (Lipinski definition) is 3. The summed E-state index contributed by atoms with van der Waals surface area (Å²) in [5, 5.41) is 3.34. The summed E-state index contributed by atoms with van der Waals surface area (Å²) in [7, 11) is 2.03. The van der Waals surface area contributed by atoms with Crippen LogP contribution in [0, 0.1) is 0 Å². The van der Waals surface area contributed by atoms with Crippen LogP contribution in [0.4, 0.5) is 5.82 Å². The first kappa shape index (κ1) is 10.9. The number of hydrogen-bond donors (Lipinski definition) is 1. The number of rotatable bonds is 2. The van der Waals surface area contributed by atoms with Gasteiger partial charge in [-0.05, 0) is 48.0 Å². The van der Waals surface area contributed by atoms with Crippen LogP contribution in [0.15, 0.2) is 22.8 Å². The normalized spacial score (nSPS) is 21.7. The zero-order valence-electron chi connectivity index (χ0n) is 8.91. The van der Waals surface area contributed by atoms with E-state index in [1.807, 2.05) is 19.3 Å². The van der Waals surface area contributed by atoms with E-state index >= 15 is 0 Å². The van der Waals surface area contributed by atoms with E-state index in [9.17, 15) is 0 Å². The molecule has 3 nitrogen and oxygen atoms in total. The molecule has 0 aromatic carbocycles. The molecule has 0 bridgehead atoms. The Morgan fingerprint density at radius 3 is 3.07 bits per heavy atom. The van der Waals surface area contributed by atoms with Crippen molar-refractivity contribution in [2.45, 2.75) is 18.9 Å². The molecule has 2 rings (SSSR count). The number of anilines is 1. The number of piperidine rings is 1. The van der Waals surface area contributed by atoms with E-state index in [0.717, 1.165) is 23.4 Å². The summed E-state index contributed by atoms with van der Waals surface area (Å²) in [6.07, 6.45) is 4.37. The number of nitrogens with zero attached hydrogens (tertiary/aromatic N) is 2. The summed E-state index contributed by atoms with van der Waals surface area (Å²) in [5.74, 6) is 1.08. The molecule has 2 heterocycles. The molecule has 0 saturated carbocycles. The topological polar surface area (TPSA) is 28.2 Å². The number of nitrogens with one attached hydrogen (secondary N) is 1. The van der Waals surface area contributed by atoms with Gasteiger partial charge in [-0.15, -0.1) is 0 Å². The quantitative estimate of drug-likeness (QED) is 0.891. The van der Waals surface area contributed by atoms with Gasteiger partial charge < -0.3 is 10.2 Å². The fraction of sp³-hybridized carbons (Fsp3) is 0.545. The minimum absolute atomic E-state index is 0.601. The third-order valence-corrected chi connectivity index (χ3v) is 3.33. The molecule has 1 N–H and O–H groups in total. The first-order valence-corrected chi connectivity index (χ1v) is 6.12. The maximum absolute atomic E-state index is 4.42. The van der Waals surface area contributed by atoms with Crippen LogP contribution in [0.5, 0.6) is 0 Å². The predicted octanol–water partition coefficient (Wildman–Crippen LogP) is 2.03. The molecule has 1 atom stereocenters. The van der Waals surface area contributed by atoms with Crippen LogP contribution >= 0.6 is 15.9 Å². The molecular formula is C11H16BrN3. The number of halogens is 1. The molecular weight excluding hydrogens is 254 g/mol. The van der Waals surface area contributed by atoms with Crippen LogP contribution in [-0.4, -0.2) is 31.2 Å². The van der Waals surface area contributed by atoms with E-state index in [2.05, 4.69) is 37.2 Å². The highest BCUT2D eigenvalue weighted by Gasteiger charge is 2.18. The van der Waals surface area contributed by atoms with Crippen LogP contribution in [0.2, 0.25) is 0 Å². The average Bonchev–Trinajstić information content (AvgIpc) is 2.30. The summed E-state index contributed by atoms with van der Waals surface area (Å²) < 4.78 is 1.04. The van der Waals surface area contributed by atoms with Gasteiger partial charge in [-0.3, -0.25) is 0 Å². The van der Waals surface area contributed by atoms with Gasteiger partial charge in [0.25, 0.3) is 0 Å². The lowest BCUT2D eigenvalue weighted by Crippen LogP contribution is -2.44. The third kappa shape index (κ3) is 2.69. The first-order valence-electron chi connectivity index (χ1n) is 5.33. The predicted molar refractivity (Wildman–Crippen MR) is 66.2 cm³/mol. The molecule has 0 unspecified atom stereocenters. The summed E-state index contributed by atoms with van der Waals surface area (Å²) in [6, 6.07) is 4.72. The van der Waals surface area contributed by atoms with Crippen molar-refractivity contribution in [3.63, 3.8) is 0 Å². The average molecular weight is 270 g/mol. The Hall–Kier alpha value is -0.610. The van der Waals surface area contributed by atoms with Gasteiger partial charge in [0.1, 0.15) is 5.82 Å². The Morgan fingerprint density at radius 1 is 1.53 bits per heavy atom. The van der Waals surface area contributed by atoms with Crippen molar-refractivity contribution in [1.29, 1.82) is 0 Å². The van der Waals surface area contributed by atoms with Crippen LogP contribution < -0.4 is 10.2 Å². The van der Waals surface area contributed by atoms with Gasteiger partial charge in [-0.1, -0.05) is 0 Å². The van der Waals surface area contributed by atoms with E-state index in [4.69, 9.17) is 0 Å². The lowest BCUT2D eigenvalue weighted by molar-refractivity contribution is 0.447. The summed E-state index contributed by atoms with van der Waals surface area (Å²) in [5.41, 5.74) is 0. The van der Waals surface area contributed by atoms with Crippen molar-refractivity contribution in [2.75, 3.05) is 25.0 Å². The fourth-order valence-electron chi connectivity index (χ4n) is 1.98. The standard InChI is InChI=1S/C11H16BrN3/c1-13-10-3-2-6-15(8-10)11-5-4-9(12)7-14-11/h4-5,7,10,13H,2-3,6,8H2,1H3/t10-/m0/s1. The highest BCUT2D eigenvalue weighted by atomic mass is 79.9. The van der Waals surface area contributed by atoms with E-state index in [-0.39, 0.29) is 0 Å². The summed E-state index contributed by atoms with van der Waals surface area (Å²) in [4.78, 5) is 6.77. The highest BCUT2D eigenvalue weighted by molar-refractivity contribution is 9.10. The second-order valence-corrected chi connectivity index (χ2v) is 4.82. The number of aromatic nitrogens is 1. The van der Waals surface area contributed by atoms with Crippen molar-refractivity contribution in [2.24, 2.45) is 0 Å². The first-order chi connectivity index (χ1) is 7.29. The van der Waals surface area contributed by atoms with Gasteiger partial charge in [-0.25, -0.2) is 4.98 Å². The van der Waals surface area contributed by atoms with Crippen molar-refractivity contribution >= 4 is 21.7 Å². The van der Waals surface area contributed by atoms with Crippen LogP contribution in [0.3, 0.4) is 0 Å². The van der Waals surface area contributed by atoms with E-state index < -0.39 is 0 Å². The summed E-state index contributed by atoms with van der Waals surface area (Å²) >= 11 is 3.40. The van der Waals surface area contributed by atoms with Gasteiger partial charge in [-0.2, -0.15) is 0 Å². The zero-order chi connectivity index (χ0) is 10.7. The minimum Gasteiger partial charge on any atom is -0.355 e. The largest absolute Gasteiger partial charge is 0.355 e. The molecule has 1 aliphatic rings. The van der Waals surface area contributed by atoms with Gasteiger partial charge >= 0.3 is 0 Å². The molecule has 4 heteroatoms. The molecule has 0 aliphatic carbocycles. The molecule has 15 heavy (non-hydrogen) atoms. The molecule has 1 aromatic heterocycles. The Bertz CT molecular complexity index is 312. The Labute approximate surface area is 99.0 Å². The van der Waals surface area contributed by atoms with Crippen molar-refractivity contribution in [3.05, 3.63) is 22.8 Å². The Kier molecular flexibility index (Phi) is 3.59. The zero-order valence-corrected chi connectivity index (χ0v) is 10.5. The lowest BCUT2D eigenvalue weighted by Gasteiger charge is -2.33. The van der Waals surface area contributed by atoms with E-state index in [1.165, 1.54) is 12.8 Å².